The van der Waals surface area contributed by atoms with Gasteiger partial charge < -0.3 is 15.0 Å². The zero-order valence-electron chi connectivity index (χ0n) is 16.9. The number of hydrogen-bond acceptors (Lipinski definition) is 5. The minimum absolute atomic E-state index is 0.00763. The number of carbonyl (C=O) groups is 2. The number of methoxy groups -OCH3 is 1. The number of ether oxygens (including phenoxy) is 1. The Labute approximate surface area is 179 Å². The van der Waals surface area contributed by atoms with E-state index in [0.717, 1.165) is 27.4 Å². The van der Waals surface area contributed by atoms with Gasteiger partial charge in [-0.2, -0.15) is 0 Å². The topological polar surface area (TPSA) is 71.5 Å². The van der Waals surface area contributed by atoms with Gasteiger partial charge in [0.15, 0.2) is 5.13 Å². The smallest absolute Gasteiger partial charge is 0.231 e. The van der Waals surface area contributed by atoms with Crippen LogP contribution in [0.5, 0.6) is 5.75 Å². The quantitative estimate of drug-likeness (QED) is 0.650. The van der Waals surface area contributed by atoms with Crippen molar-refractivity contribution in [2.24, 2.45) is 5.92 Å². The fourth-order valence-corrected chi connectivity index (χ4v) is 4.42. The molecule has 0 radical (unpaired) electrons. The fraction of sp³-hybridized carbons (Fsp3) is 0.261. The predicted molar refractivity (Wildman–Crippen MR) is 117 cm³/mol. The van der Waals surface area contributed by atoms with Gasteiger partial charge >= 0.3 is 0 Å². The third kappa shape index (κ3) is 4.36. The van der Waals surface area contributed by atoms with Gasteiger partial charge in [0.1, 0.15) is 5.75 Å². The van der Waals surface area contributed by atoms with E-state index in [1.807, 2.05) is 61.5 Å². The lowest BCUT2D eigenvalue weighted by molar-refractivity contribution is -0.128. The van der Waals surface area contributed by atoms with Gasteiger partial charge in [-0.1, -0.05) is 30.3 Å². The fourth-order valence-electron chi connectivity index (χ4n) is 3.58. The summed E-state index contributed by atoms with van der Waals surface area (Å²) in [6.45, 7) is 2.93. The first kappa shape index (κ1) is 20.1. The zero-order chi connectivity index (χ0) is 21.1. The number of likely N-dealkylation sites (tertiary alicyclic amines) is 1. The van der Waals surface area contributed by atoms with Crippen molar-refractivity contribution < 1.29 is 14.3 Å². The van der Waals surface area contributed by atoms with Crippen LogP contribution in [0.2, 0.25) is 0 Å². The van der Waals surface area contributed by atoms with Gasteiger partial charge in [0, 0.05) is 30.0 Å². The average Bonchev–Trinajstić information content (AvgIpc) is 3.31. The van der Waals surface area contributed by atoms with Crippen LogP contribution in [0.1, 0.15) is 16.9 Å². The summed E-state index contributed by atoms with van der Waals surface area (Å²) in [7, 11) is 1.63. The van der Waals surface area contributed by atoms with Crippen molar-refractivity contribution >= 4 is 28.3 Å². The molecule has 30 heavy (non-hydrogen) atoms. The highest BCUT2D eigenvalue weighted by molar-refractivity contribution is 7.16. The molecule has 4 rings (SSSR count). The van der Waals surface area contributed by atoms with Crippen LogP contribution in [0.4, 0.5) is 5.13 Å². The van der Waals surface area contributed by atoms with Gasteiger partial charge in [-0.3, -0.25) is 9.59 Å². The van der Waals surface area contributed by atoms with Gasteiger partial charge in [0.2, 0.25) is 11.8 Å². The third-order valence-corrected chi connectivity index (χ3v) is 6.08. The highest BCUT2D eigenvalue weighted by atomic mass is 32.1. The molecule has 1 saturated heterocycles. The molecule has 1 aliphatic heterocycles. The van der Waals surface area contributed by atoms with E-state index in [9.17, 15) is 9.59 Å². The Morgan fingerprint density at radius 2 is 1.93 bits per heavy atom. The molecule has 2 amide bonds. The standard InChI is InChI=1S/C23H23N3O3S/c1-15-21(17-8-10-19(29-2)11-9-17)24-23(30-15)25-22(28)18-12-20(27)26(14-18)13-16-6-4-3-5-7-16/h3-11,18H,12-14H2,1-2H3,(H,24,25,28). The maximum atomic E-state index is 12.8. The Balaban J connectivity index is 1.41. The third-order valence-electron chi connectivity index (χ3n) is 5.19. The van der Waals surface area contributed by atoms with Crippen molar-refractivity contribution in [3.05, 3.63) is 65.0 Å². The first-order valence-electron chi connectivity index (χ1n) is 9.78. The van der Waals surface area contributed by atoms with Gasteiger partial charge in [0.25, 0.3) is 0 Å². The number of nitrogens with zero attached hydrogens (tertiary/aromatic N) is 2. The van der Waals surface area contributed by atoms with Crippen molar-refractivity contribution in [1.29, 1.82) is 0 Å². The highest BCUT2D eigenvalue weighted by Crippen LogP contribution is 2.32. The Morgan fingerprint density at radius 3 is 2.63 bits per heavy atom. The van der Waals surface area contributed by atoms with E-state index in [-0.39, 0.29) is 24.2 Å². The van der Waals surface area contributed by atoms with Gasteiger partial charge in [-0.25, -0.2) is 4.98 Å². The SMILES string of the molecule is COc1ccc(-c2nc(NC(=O)C3CC(=O)N(Cc4ccccc4)C3)sc2C)cc1. The minimum Gasteiger partial charge on any atom is -0.497 e. The van der Waals surface area contributed by atoms with E-state index in [4.69, 9.17) is 4.74 Å². The maximum Gasteiger partial charge on any atom is 0.231 e. The van der Waals surface area contributed by atoms with E-state index in [1.165, 1.54) is 11.3 Å². The molecule has 154 valence electrons. The number of amides is 2. The van der Waals surface area contributed by atoms with E-state index in [1.54, 1.807) is 12.0 Å². The number of aryl methyl sites for hydroxylation is 1. The lowest BCUT2D eigenvalue weighted by Crippen LogP contribution is -2.28. The molecule has 7 heteroatoms. The van der Waals surface area contributed by atoms with Crippen molar-refractivity contribution in [2.75, 3.05) is 19.0 Å². The Morgan fingerprint density at radius 1 is 1.20 bits per heavy atom. The molecule has 1 aromatic heterocycles. The van der Waals surface area contributed by atoms with Crippen LogP contribution in [-0.4, -0.2) is 35.4 Å². The largest absolute Gasteiger partial charge is 0.497 e. The van der Waals surface area contributed by atoms with Crippen LogP contribution in [0, 0.1) is 12.8 Å². The number of hydrogen-bond donors (Lipinski definition) is 1. The minimum atomic E-state index is -0.366. The molecule has 0 spiro atoms. The van der Waals surface area contributed by atoms with Crippen LogP contribution in [0.3, 0.4) is 0 Å². The first-order chi connectivity index (χ1) is 14.5. The maximum absolute atomic E-state index is 12.8. The Bertz CT molecular complexity index is 1050. The molecule has 0 saturated carbocycles. The Hall–Kier alpha value is -3.19. The van der Waals surface area contributed by atoms with Gasteiger partial charge in [-0.15, -0.1) is 11.3 Å². The summed E-state index contributed by atoms with van der Waals surface area (Å²) in [6, 6.07) is 17.5. The van der Waals surface area contributed by atoms with Crippen LogP contribution >= 0.6 is 11.3 Å². The van der Waals surface area contributed by atoms with Crippen molar-refractivity contribution in [2.45, 2.75) is 19.9 Å². The lowest BCUT2D eigenvalue weighted by Gasteiger charge is -2.16. The van der Waals surface area contributed by atoms with Crippen LogP contribution < -0.4 is 10.1 Å². The highest BCUT2D eigenvalue weighted by Gasteiger charge is 2.34. The second-order valence-electron chi connectivity index (χ2n) is 7.30. The van der Waals surface area contributed by atoms with Crippen molar-refractivity contribution in [1.82, 2.24) is 9.88 Å². The second kappa shape index (κ2) is 8.67. The number of aromatic nitrogens is 1. The van der Waals surface area contributed by atoms with Crippen LogP contribution in [0.15, 0.2) is 54.6 Å². The average molecular weight is 422 g/mol. The molecule has 1 unspecified atom stereocenters. The van der Waals surface area contributed by atoms with Gasteiger partial charge in [0.05, 0.1) is 18.7 Å². The number of rotatable bonds is 6. The molecular weight excluding hydrogens is 398 g/mol. The first-order valence-corrected chi connectivity index (χ1v) is 10.6. The predicted octanol–water partition coefficient (Wildman–Crippen LogP) is 4.11. The molecule has 1 N–H and O–H groups in total. The monoisotopic (exact) mass is 421 g/mol. The lowest BCUT2D eigenvalue weighted by atomic mass is 10.1. The number of benzene rings is 2. The van der Waals surface area contributed by atoms with E-state index in [2.05, 4.69) is 10.3 Å². The summed E-state index contributed by atoms with van der Waals surface area (Å²) in [5.74, 6) is 0.267. The van der Waals surface area contributed by atoms with E-state index >= 15 is 0 Å². The molecule has 2 heterocycles. The Kier molecular flexibility index (Phi) is 5.81. The number of anilines is 1. The second-order valence-corrected chi connectivity index (χ2v) is 8.51. The summed E-state index contributed by atoms with van der Waals surface area (Å²) in [5.41, 5.74) is 2.87. The van der Waals surface area contributed by atoms with Crippen molar-refractivity contribution in [3.63, 3.8) is 0 Å². The number of carbonyl (C=O) groups excluding carboxylic acids is 2. The molecule has 6 nitrogen and oxygen atoms in total. The van der Waals surface area contributed by atoms with Gasteiger partial charge in [-0.05, 0) is 36.8 Å². The molecule has 0 bridgehead atoms. The van der Waals surface area contributed by atoms with E-state index < -0.39 is 0 Å². The summed E-state index contributed by atoms with van der Waals surface area (Å²) in [6.07, 6.45) is 0.231. The summed E-state index contributed by atoms with van der Waals surface area (Å²) in [4.78, 5) is 32.5. The number of nitrogens with one attached hydrogen (secondary N) is 1. The molecule has 1 atom stereocenters. The number of thiazole rings is 1. The molecule has 1 fully saturated rings. The van der Waals surface area contributed by atoms with Crippen LogP contribution in [-0.2, 0) is 16.1 Å². The summed E-state index contributed by atoms with van der Waals surface area (Å²) >= 11 is 1.44. The summed E-state index contributed by atoms with van der Waals surface area (Å²) < 4.78 is 5.20. The molecular formula is C23H23N3O3S. The summed E-state index contributed by atoms with van der Waals surface area (Å²) in [5, 5.41) is 3.46. The molecule has 2 aromatic carbocycles. The van der Waals surface area contributed by atoms with Crippen LogP contribution in [0.25, 0.3) is 11.3 Å². The normalized spacial score (nSPS) is 16.0. The van der Waals surface area contributed by atoms with E-state index in [0.29, 0.717) is 18.2 Å². The zero-order valence-corrected chi connectivity index (χ0v) is 17.7. The molecule has 1 aliphatic rings. The molecule has 0 aliphatic carbocycles. The molecule has 3 aromatic rings. The van der Waals surface area contributed by atoms with Crippen molar-refractivity contribution in [3.8, 4) is 17.0 Å².